The zero-order valence-electron chi connectivity index (χ0n) is 19.3. The molecule has 2 saturated heterocycles. The number of fused-ring (bicyclic) bond motifs is 5. The zero-order valence-corrected chi connectivity index (χ0v) is 19.3. The smallest absolute Gasteiger partial charge is 0.332 e. The van der Waals surface area contributed by atoms with Crippen LogP contribution in [0.3, 0.4) is 0 Å². The molecule has 0 bridgehead atoms. The van der Waals surface area contributed by atoms with Gasteiger partial charge in [0.15, 0.2) is 0 Å². The summed E-state index contributed by atoms with van der Waals surface area (Å²) in [5.74, 6) is -1.37. The molecule has 0 spiro atoms. The lowest BCUT2D eigenvalue weighted by molar-refractivity contribution is -0.154. The molecule has 3 aliphatic heterocycles. The van der Waals surface area contributed by atoms with Crippen LogP contribution in [-0.2, 0) is 20.7 Å². The summed E-state index contributed by atoms with van der Waals surface area (Å²) in [6, 6.07) is 12.3. The van der Waals surface area contributed by atoms with Gasteiger partial charge in [0.1, 0.15) is 11.3 Å². The van der Waals surface area contributed by atoms with Crippen LogP contribution in [0, 0.1) is 18.8 Å². The summed E-state index contributed by atoms with van der Waals surface area (Å²) in [5, 5.41) is 0. The van der Waals surface area contributed by atoms with E-state index in [1.165, 1.54) is 4.90 Å². The molecule has 172 valence electrons. The van der Waals surface area contributed by atoms with Crippen LogP contribution in [-0.4, -0.2) is 41.6 Å². The van der Waals surface area contributed by atoms with Crippen LogP contribution >= 0.6 is 0 Å². The van der Waals surface area contributed by atoms with Gasteiger partial charge < -0.3 is 14.4 Å². The van der Waals surface area contributed by atoms with E-state index in [2.05, 4.69) is 6.92 Å². The Morgan fingerprint density at radius 1 is 1.15 bits per heavy atom. The number of imide groups is 1. The minimum Gasteiger partial charge on any atom is -0.493 e. The van der Waals surface area contributed by atoms with Crippen molar-refractivity contribution >= 4 is 23.6 Å². The largest absolute Gasteiger partial charge is 0.493 e. The highest BCUT2D eigenvalue weighted by Gasteiger charge is 2.72. The van der Waals surface area contributed by atoms with Crippen molar-refractivity contribution in [2.45, 2.75) is 45.7 Å². The summed E-state index contributed by atoms with van der Waals surface area (Å²) < 4.78 is 11.5. The maximum absolute atomic E-state index is 13.9. The summed E-state index contributed by atoms with van der Waals surface area (Å²) >= 11 is 0. The molecular weight excluding hydrogens is 420 g/mol. The Hall–Kier alpha value is -3.35. The number of carbonyl (C=O) groups is 3. The third kappa shape index (κ3) is 2.91. The molecule has 2 aromatic rings. The molecule has 0 radical (unpaired) electrons. The fourth-order valence-electron chi connectivity index (χ4n) is 5.67. The maximum atomic E-state index is 13.9. The Labute approximate surface area is 193 Å². The number of anilines is 1. The molecule has 4 atom stereocenters. The number of ether oxygens (including phenoxy) is 2. The molecule has 3 heterocycles. The number of nitrogens with zero attached hydrogens (tertiary/aromatic N) is 2. The predicted molar refractivity (Wildman–Crippen MR) is 122 cm³/mol. The number of rotatable bonds is 4. The highest BCUT2D eigenvalue weighted by Crippen LogP contribution is 2.58. The topological polar surface area (TPSA) is 76.2 Å². The van der Waals surface area contributed by atoms with Crippen molar-refractivity contribution in [3.8, 4) is 5.75 Å². The van der Waals surface area contributed by atoms with E-state index in [0.29, 0.717) is 11.4 Å². The van der Waals surface area contributed by atoms with Gasteiger partial charge in [0.2, 0.25) is 0 Å². The van der Waals surface area contributed by atoms with E-state index in [0.717, 1.165) is 23.1 Å². The predicted octanol–water partition coefficient (Wildman–Crippen LogP) is 4.03. The van der Waals surface area contributed by atoms with Crippen LogP contribution < -0.4 is 9.64 Å². The SMILES string of the molecule is CCOC(=O)[C@@H]1[C@H]2COc3cc(CC)ccc3[C@H]2N2C(=O)N(c3ccc(C)cc3)C(=O)[C@@]12C. The van der Waals surface area contributed by atoms with Gasteiger partial charge in [-0.2, -0.15) is 0 Å². The van der Waals surface area contributed by atoms with Gasteiger partial charge in [-0.05, 0) is 51.0 Å². The normalized spacial score (nSPS) is 27.7. The van der Waals surface area contributed by atoms with Crippen molar-refractivity contribution in [1.29, 1.82) is 0 Å². The molecule has 2 aromatic carbocycles. The first-order valence-electron chi connectivity index (χ1n) is 11.5. The minimum atomic E-state index is -1.36. The molecule has 0 unspecified atom stereocenters. The number of aryl methyl sites for hydroxylation is 2. The van der Waals surface area contributed by atoms with Crippen LogP contribution in [0.15, 0.2) is 42.5 Å². The number of benzene rings is 2. The van der Waals surface area contributed by atoms with E-state index in [-0.39, 0.29) is 19.1 Å². The molecule has 3 amide bonds. The van der Waals surface area contributed by atoms with Crippen LogP contribution in [0.1, 0.15) is 43.5 Å². The van der Waals surface area contributed by atoms with Gasteiger partial charge in [0.05, 0.1) is 30.9 Å². The fourth-order valence-corrected chi connectivity index (χ4v) is 5.67. The minimum absolute atomic E-state index is 0.198. The molecule has 7 heteroatoms. The fraction of sp³-hybridized carbons (Fsp3) is 0.423. The van der Waals surface area contributed by atoms with E-state index < -0.39 is 35.4 Å². The van der Waals surface area contributed by atoms with Gasteiger partial charge in [-0.25, -0.2) is 9.69 Å². The number of esters is 1. The van der Waals surface area contributed by atoms with Gasteiger partial charge in [-0.15, -0.1) is 0 Å². The van der Waals surface area contributed by atoms with Crippen molar-refractivity contribution in [3.63, 3.8) is 0 Å². The quantitative estimate of drug-likeness (QED) is 0.522. The first-order valence-corrected chi connectivity index (χ1v) is 11.5. The van der Waals surface area contributed by atoms with E-state index >= 15 is 0 Å². The van der Waals surface area contributed by atoms with Gasteiger partial charge >= 0.3 is 12.0 Å². The van der Waals surface area contributed by atoms with Crippen molar-refractivity contribution in [1.82, 2.24) is 4.90 Å². The Balaban J connectivity index is 1.66. The molecule has 0 N–H and O–H groups in total. The third-order valence-electron chi connectivity index (χ3n) is 7.32. The molecule has 7 nitrogen and oxygen atoms in total. The number of carbonyl (C=O) groups excluding carboxylic acids is 3. The summed E-state index contributed by atoms with van der Waals surface area (Å²) in [6.45, 7) is 7.89. The molecule has 0 aromatic heterocycles. The van der Waals surface area contributed by atoms with Crippen molar-refractivity contribution in [2.24, 2.45) is 11.8 Å². The lowest BCUT2D eigenvalue weighted by atomic mass is 9.77. The zero-order chi connectivity index (χ0) is 23.5. The summed E-state index contributed by atoms with van der Waals surface area (Å²) in [7, 11) is 0. The van der Waals surface area contributed by atoms with Crippen LogP contribution in [0.5, 0.6) is 5.75 Å². The highest BCUT2D eigenvalue weighted by molar-refractivity contribution is 6.24. The number of amides is 3. The summed E-state index contributed by atoms with van der Waals surface area (Å²) in [4.78, 5) is 43.8. The number of hydrogen-bond donors (Lipinski definition) is 0. The third-order valence-corrected chi connectivity index (χ3v) is 7.32. The second kappa shape index (κ2) is 7.61. The summed E-state index contributed by atoms with van der Waals surface area (Å²) in [6.07, 6.45) is 0.857. The van der Waals surface area contributed by atoms with Gasteiger partial charge in [0, 0.05) is 11.5 Å². The second-order valence-electron chi connectivity index (χ2n) is 9.15. The van der Waals surface area contributed by atoms with Crippen molar-refractivity contribution in [3.05, 3.63) is 59.2 Å². The van der Waals surface area contributed by atoms with Crippen LogP contribution in [0.25, 0.3) is 0 Å². The average molecular weight is 449 g/mol. The van der Waals surface area contributed by atoms with E-state index in [1.54, 1.807) is 30.9 Å². The van der Waals surface area contributed by atoms with Gasteiger partial charge in [-0.3, -0.25) is 9.59 Å². The first-order chi connectivity index (χ1) is 15.8. The highest BCUT2D eigenvalue weighted by atomic mass is 16.5. The standard InChI is InChI=1S/C26H28N2O5/c1-5-16-9-12-18-20(13-16)33-14-19-21(23(29)32-6-2)26(4)24(30)27(25(31)28(26)22(18)19)17-10-7-15(3)8-11-17/h7-13,19,21-22H,5-6,14H2,1-4H3/t19-,21+,22-,26-/m1/s1. The monoisotopic (exact) mass is 448 g/mol. The molecule has 33 heavy (non-hydrogen) atoms. The Morgan fingerprint density at radius 2 is 1.88 bits per heavy atom. The van der Waals surface area contributed by atoms with Crippen molar-refractivity contribution < 1.29 is 23.9 Å². The van der Waals surface area contributed by atoms with Gasteiger partial charge in [0.25, 0.3) is 5.91 Å². The molecule has 0 aliphatic carbocycles. The first kappa shape index (κ1) is 21.5. The van der Waals surface area contributed by atoms with E-state index in [9.17, 15) is 14.4 Å². The molecule has 2 fully saturated rings. The molecule has 3 aliphatic rings. The van der Waals surface area contributed by atoms with Crippen LogP contribution in [0.2, 0.25) is 0 Å². The van der Waals surface area contributed by atoms with E-state index in [4.69, 9.17) is 9.47 Å². The molecular formula is C26H28N2O5. The van der Waals surface area contributed by atoms with Crippen molar-refractivity contribution in [2.75, 3.05) is 18.1 Å². The Kier molecular flexibility index (Phi) is 4.96. The maximum Gasteiger partial charge on any atom is 0.332 e. The molecule has 0 saturated carbocycles. The number of hydrogen-bond acceptors (Lipinski definition) is 5. The van der Waals surface area contributed by atoms with Gasteiger partial charge in [-0.1, -0.05) is 36.8 Å². The lowest BCUT2D eigenvalue weighted by Gasteiger charge is -2.34. The Bertz CT molecular complexity index is 1140. The van der Waals surface area contributed by atoms with E-state index in [1.807, 2.05) is 37.3 Å². The van der Waals surface area contributed by atoms with Crippen LogP contribution in [0.4, 0.5) is 10.5 Å². The summed E-state index contributed by atoms with van der Waals surface area (Å²) in [5.41, 5.74) is 2.12. The lowest BCUT2D eigenvalue weighted by Crippen LogP contribution is -2.51. The second-order valence-corrected chi connectivity index (χ2v) is 9.15. The average Bonchev–Trinajstić information content (AvgIpc) is 3.19. The molecule has 5 rings (SSSR count). The Morgan fingerprint density at radius 3 is 2.55 bits per heavy atom. The number of urea groups is 1.